The second-order valence-electron chi connectivity index (χ2n) is 7.38. The van der Waals surface area contributed by atoms with E-state index in [4.69, 9.17) is 4.74 Å². The Kier molecular flexibility index (Phi) is 6.28. The van der Waals surface area contributed by atoms with Gasteiger partial charge in [-0.25, -0.2) is 14.5 Å². The first-order chi connectivity index (χ1) is 15.4. The van der Waals surface area contributed by atoms with Crippen LogP contribution in [0.1, 0.15) is 32.1 Å². The van der Waals surface area contributed by atoms with Crippen LogP contribution in [0.3, 0.4) is 0 Å². The summed E-state index contributed by atoms with van der Waals surface area (Å²) in [6.07, 6.45) is 0. The van der Waals surface area contributed by atoms with Gasteiger partial charge in [0.1, 0.15) is 0 Å². The summed E-state index contributed by atoms with van der Waals surface area (Å²) in [6, 6.07) is 22.4. The van der Waals surface area contributed by atoms with Gasteiger partial charge in [0, 0.05) is 15.6 Å². The van der Waals surface area contributed by atoms with E-state index in [2.05, 4.69) is 26.0 Å². The molecule has 6 nitrogen and oxygen atoms in total. The first kappa shape index (κ1) is 21.6. The van der Waals surface area contributed by atoms with Crippen molar-refractivity contribution in [3.63, 3.8) is 0 Å². The van der Waals surface area contributed by atoms with Gasteiger partial charge in [0.25, 0.3) is 5.82 Å². The highest BCUT2D eigenvalue weighted by Gasteiger charge is 2.21. The number of ether oxygens (including phenoxy) is 1. The fourth-order valence-corrected chi connectivity index (χ4v) is 3.41. The van der Waals surface area contributed by atoms with Crippen LogP contribution in [0.5, 0.6) is 0 Å². The summed E-state index contributed by atoms with van der Waals surface area (Å²) in [7, 11) is 0. The minimum absolute atomic E-state index is 0.106. The number of ketones is 1. The second-order valence-corrected chi connectivity index (χ2v) is 8.30. The third-order valence-electron chi connectivity index (χ3n) is 4.85. The van der Waals surface area contributed by atoms with Gasteiger partial charge in [-0.05, 0) is 43.7 Å². The van der Waals surface area contributed by atoms with Crippen molar-refractivity contribution in [1.82, 2.24) is 14.8 Å². The van der Waals surface area contributed by atoms with Crippen LogP contribution >= 0.6 is 15.9 Å². The van der Waals surface area contributed by atoms with Crippen molar-refractivity contribution in [2.45, 2.75) is 13.8 Å². The zero-order valence-corrected chi connectivity index (χ0v) is 19.2. The molecule has 1 aromatic heterocycles. The zero-order valence-electron chi connectivity index (χ0n) is 17.6. The van der Waals surface area contributed by atoms with Crippen LogP contribution < -0.4 is 0 Å². The zero-order chi connectivity index (χ0) is 22.7. The minimum Gasteiger partial charge on any atom is -0.451 e. The van der Waals surface area contributed by atoms with Crippen molar-refractivity contribution in [1.29, 1.82) is 0 Å². The highest BCUT2D eigenvalue weighted by atomic mass is 79.9. The first-order valence-corrected chi connectivity index (χ1v) is 10.8. The van der Waals surface area contributed by atoms with E-state index < -0.39 is 5.97 Å². The van der Waals surface area contributed by atoms with Crippen LogP contribution in [0, 0.1) is 13.8 Å². The molecule has 7 heteroatoms. The van der Waals surface area contributed by atoms with Crippen LogP contribution in [0.15, 0.2) is 77.3 Å². The molecule has 32 heavy (non-hydrogen) atoms. The van der Waals surface area contributed by atoms with Crippen molar-refractivity contribution in [2.24, 2.45) is 0 Å². The smallest absolute Gasteiger partial charge is 0.378 e. The fraction of sp³-hybridized carbons (Fsp3) is 0.120. The van der Waals surface area contributed by atoms with Crippen LogP contribution in [-0.2, 0) is 4.74 Å². The molecule has 0 aliphatic heterocycles. The fourth-order valence-electron chi connectivity index (χ4n) is 3.14. The maximum atomic E-state index is 12.7. The molecule has 0 bridgehead atoms. The van der Waals surface area contributed by atoms with E-state index in [9.17, 15) is 9.59 Å². The Morgan fingerprint density at radius 3 is 2.34 bits per heavy atom. The van der Waals surface area contributed by atoms with Gasteiger partial charge in [-0.2, -0.15) is 0 Å². The summed E-state index contributed by atoms with van der Waals surface area (Å²) in [4.78, 5) is 29.4. The number of benzene rings is 3. The van der Waals surface area contributed by atoms with Gasteiger partial charge in [0.2, 0.25) is 0 Å². The number of hydrogen-bond donors (Lipinski definition) is 0. The van der Waals surface area contributed by atoms with Gasteiger partial charge in [-0.1, -0.05) is 70.0 Å². The molecule has 0 saturated heterocycles. The number of halogens is 1. The lowest BCUT2D eigenvalue weighted by molar-refractivity contribution is 0.0462. The molecule has 0 unspecified atom stereocenters. The van der Waals surface area contributed by atoms with E-state index in [1.807, 2.05) is 62.4 Å². The molecule has 0 fully saturated rings. The molecule has 0 aliphatic carbocycles. The summed E-state index contributed by atoms with van der Waals surface area (Å²) in [5, 5.41) is 4.40. The third kappa shape index (κ3) is 4.84. The number of Topliss-reactive ketones (excluding diaryl/α,β-unsaturated/α-hetero) is 1. The number of esters is 1. The maximum absolute atomic E-state index is 12.7. The number of aromatic nitrogens is 3. The molecule has 0 amide bonds. The Balaban J connectivity index is 1.61. The Labute approximate surface area is 194 Å². The van der Waals surface area contributed by atoms with Crippen molar-refractivity contribution in [2.75, 3.05) is 6.61 Å². The summed E-state index contributed by atoms with van der Waals surface area (Å²) in [6.45, 7) is 3.59. The van der Waals surface area contributed by atoms with Crippen molar-refractivity contribution in [3.05, 3.63) is 99.8 Å². The molecule has 0 radical (unpaired) electrons. The highest BCUT2D eigenvalue weighted by Crippen LogP contribution is 2.22. The molecule has 0 N–H and O–H groups in total. The summed E-state index contributed by atoms with van der Waals surface area (Å²) in [5.74, 6) is -0.648. The molecule has 0 spiro atoms. The molecule has 0 atom stereocenters. The average Bonchev–Trinajstić information content (AvgIpc) is 3.24. The van der Waals surface area contributed by atoms with E-state index >= 15 is 0 Å². The minimum atomic E-state index is -0.754. The third-order valence-corrected chi connectivity index (χ3v) is 5.37. The number of nitrogens with zero attached hydrogens (tertiary/aromatic N) is 3. The van der Waals surface area contributed by atoms with Gasteiger partial charge in [0.15, 0.2) is 18.2 Å². The van der Waals surface area contributed by atoms with Crippen molar-refractivity contribution in [3.8, 4) is 17.1 Å². The SMILES string of the molecule is Cc1ccc(-c2nc(C(=O)OCC(=O)c3ccc(Br)cc3)nn2-c2cccc(C)c2)cc1. The quantitative estimate of drug-likeness (QED) is 0.269. The monoisotopic (exact) mass is 489 g/mol. The lowest BCUT2D eigenvalue weighted by Gasteiger charge is -2.07. The number of hydrogen-bond acceptors (Lipinski definition) is 5. The molecular formula is C25H20BrN3O3. The Hall–Kier alpha value is -3.58. The predicted molar refractivity (Wildman–Crippen MR) is 125 cm³/mol. The topological polar surface area (TPSA) is 74.1 Å². The molecule has 3 aromatic carbocycles. The summed E-state index contributed by atoms with van der Waals surface area (Å²) >= 11 is 3.33. The number of carbonyl (C=O) groups excluding carboxylic acids is 2. The number of aryl methyl sites for hydroxylation is 2. The molecule has 0 saturated carbocycles. The number of carbonyl (C=O) groups is 2. The first-order valence-electron chi connectivity index (χ1n) is 9.98. The Bertz CT molecular complexity index is 1280. The maximum Gasteiger partial charge on any atom is 0.378 e. The number of rotatable bonds is 6. The Morgan fingerprint density at radius 1 is 0.938 bits per heavy atom. The van der Waals surface area contributed by atoms with Crippen LogP contribution in [0.4, 0.5) is 0 Å². The van der Waals surface area contributed by atoms with E-state index in [-0.39, 0.29) is 18.2 Å². The molecule has 1 heterocycles. The highest BCUT2D eigenvalue weighted by molar-refractivity contribution is 9.10. The predicted octanol–water partition coefficient (Wildman–Crippen LogP) is 5.35. The van der Waals surface area contributed by atoms with Gasteiger partial charge < -0.3 is 4.74 Å². The molecule has 4 aromatic rings. The average molecular weight is 490 g/mol. The van der Waals surface area contributed by atoms with Gasteiger partial charge in [-0.15, -0.1) is 5.10 Å². The van der Waals surface area contributed by atoms with Crippen LogP contribution in [0.25, 0.3) is 17.1 Å². The summed E-state index contributed by atoms with van der Waals surface area (Å²) in [5.41, 5.74) is 4.21. The second kappa shape index (κ2) is 9.28. The lowest BCUT2D eigenvalue weighted by atomic mass is 10.1. The Morgan fingerprint density at radius 2 is 1.66 bits per heavy atom. The van der Waals surface area contributed by atoms with E-state index in [0.717, 1.165) is 26.9 Å². The normalized spacial score (nSPS) is 10.7. The molecule has 160 valence electrons. The molecular weight excluding hydrogens is 470 g/mol. The van der Waals surface area contributed by atoms with E-state index in [1.165, 1.54) is 0 Å². The van der Waals surface area contributed by atoms with Gasteiger partial charge in [0.05, 0.1) is 5.69 Å². The molecule has 0 aliphatic rings. The standard InChI is InChI=1S/C25H20BrN3O3/c1-16-6-8-19(9-7-16)24-27-23(28-29(24)21-5-3-4-17(2)14-21)25(31)32-15-22(30)18-10-12-20(26)13-11-18/h3-14H,15H2,1-2H3. The van der Waals surface area contributed by atoms with Crippen LogP contribution in [-0.4, -0.2) is 33.1 Å². The van der Waals surface area contributed by atoms with Gasteiger partial charge >= 0.3 is 5.97 Å². The summed E-state index contributed by atoms with van der Waals surface area (Å²) < 4.78 is 7.70. The van der Waals surface area contributed by atoms with Gasteiger partial charge in [-0.3, -0.25) is 4.79 Å². The van der Waals surface area contributed by atoms with Crippen molar-refractivity contribution >= 4 is 27.7 Å². The van der Waals surface area contributed by atoms with Crippen molar-refractivity contribution < 1.29 is 14.3 Å². The largest absolute Gasteiger partial charge is 0.451 e. The molecule has 4 rings (SSSR count). The van der Waals surface area contributed by atoms with Crippen LogP contribution in [0.2, 0.25) is 0 Å². The lowest BCUT2D eigenvalue weighted by Crippen LogP contribution is -2.15. The van der Waals surface area contributed by atoms with E-state index in [0.29, 0.717) is 11.4 Å². The van der Waals surface area contributed by atoms with E-state index in [1.54, 1.807) is 28.9 Å².